The van der Waals surface area contributed by atoms with Crippen molar-refractivity contribution in [2.45, 2.75) is 38.3 Å². The van der Waals surface area contributed by atoms with Gasteiger partial charge in [-0.25, -0.2) is 9.78 Å². The average Bonchev–Trinajstić information content (AvgIpc) is 3.32. The van der Waals surface area contributed by atoms with Gasteiger partial charge in [0.2, 0.25) is 5.95 Å². The first-order valence-corrected chi connectivity index (χ1v) is 9.43. The highest BCUT2D eigenvalue weighted by Crippen LogP contribution is 2.14. The summed E-state index contributed by atoms with van der Waals surface area (Å²) in [5, 5.41) is 20.1. The van der Waals surface area contributed by atoms with Gasteiger partial charge in [-0.2, -0.15) is 0 Å². The molecule has 3 aromatic heterocycles. The molecule has 0 aliphatic carbocycles. The molecule has 0 aromatic carbocycles. The minimum absolute atomic E-state index is 0.0461. The zero-order chi connectivity index (χ0) is 22.5. The van der Waals surface area contributed by atoms with E-state index in [9.17, 15) is 19.2 Å². The molecule has 0 spiro atoms. The van der Waals surface area contributed by atoms with E-state index >= 15 is 0 Å². The largest absolute Gasteiger partial charge is 0.481 e. The predicted octanol–water partition coefficient (Wildman–Crippen LogP) is 0.580. The molecule has 12 heteroatoms. The van der Waals surface area contributed by atoms with Gasteiger partial charge in [-0.15, -0.1) is 0 Å². The summed E-state index contributed by atoms with van der Waals surface area (Å²) < 4.78 is 7.22. The summed E-state index contributed by atoms with van der Waals surface area (Å²) in [6.07, 6.45) is 2.16. The number of nitrogens with zero attached hydrogens (tertiary/aromatic N) is 2. The lowest BCUT2D eigenvalue weighted by Crippen LogP contribution is -2.41. The highest BCUT2D eigenvalue weighted by atomic mass is 16.4. The van der Waals surface area contributed by atoms with Crippen molar-refractivity contribution in [1.82, 2.24) is 19.9 Å². The van der Waals surface area contributed by atoms with Crippen LogP contribution in [0.3, 0.4) is 0 Å². The Morgan fingerprint density at radius 3 is 2.74 bits per heavy atom. The summed E-state index contributed by atoms with van der Waals surface area (Å²) in [5.41, 5.74) is 6.11. The fourth-order valence-corrected chi connectivity index (χ4v) is 3.13. The number of hydrogen-bond acceptors (Lipinski definition) is 7. The normalized spacial score (nSPS) is 12.0. The van der Waals surface area contributed by atoms with Crippen molar-refractivity contribution in [2.75, 3.05) is 5.73 Å². The monoisotopic (exact) mass is 431 g/mol. The number of carbonyl (C=O) groups excluding carboxylic acids is 1. The fourth-order valence-electron chi connectivity index (χ4n) is 3.13. The molecule has 3 aromatic rings. The number of H-pyrrole nitrogens is 1. The van der Waals surface area contributed by atoms with Gasteiger partial charge in [-0.05, 0) is 31.0 Å². The van der Waals surface area contributed by atoms with E-state index in [-0.39, 0.29) is 30.1 Å². The van der Waals surface area contributed by atoms with Crippen molar-refractivity contribution in [1.29, 1.82) is 0 Å². The summed E-state index contributed by atoms with van der Waals surface area (Å²) in [6, 6.07) is 3.38. The third-order valence-corrected chi connectivity index (χ3v) is 4.60. The van der Waals surface area contributed by atoms with Crippen molar-refractivity contribution in [2.24, 2.45) is 0 Å². The molecule has 3 rings (SSSR count). The molecule has 1 amide bonds. The molecule has 12 nitrogen and oxygen atoms in total. The Hall–Kier alpha value is -4.09. The maximum absolute atomic E-state index is 12.2. The third kappa shape index (κ3) is 5.29. The molecular weight excluding hydrogens is 410 g/mol. The van der Waals surface area contributed by atoms with Crippen molar-refractivity contribution < 1.29 is 29.0 Å². The Morgan fingerprint density at radius 2 is 2.03 bits per heavy atom. The number of nitrogen functional groups attached to an aromatic ring is 1. The van der Waals surface area contributed by atoms with Crippen LogP contribution in [0.2, 0.25) is 0 Å². The van der Waals surface area contributed by atoms with Gasteiger partial charge in [0, 0.05) is 25.6 Å². The molecule has 6 N–H and O–H groups in total. The lowest BCUT2D eigenvalue weighted by molar-refractivity contribution is -0.140. The number of fused-ring (bicyclic) bond motifs is 1. The van der Waals surface area contributed by atoms with E-state index in [0.29, 0.717) is 36.2 Å². The number of hydrogen-bond donors (Lipinski definition) is 5. The van der Waals surface area contributed by atoms with E-state index in [1.807, 2.05) is 0 Å². The van der Waals surface area contributed by atoms with Crippen LogP contribution in [-0.4, -0.2) is 48.6 Å². The second-order valence-corrected chi connectivity index (χ2v) is 6.86. The second kappa shape index (κ2) is 9.15. The number of aromatic nitrogens is 3. The van der Waals surface area contributed by atoms with Gasteiger partial charge in [0.25, 0.3) is 11.5 Å². The van der Waals surface area contributed by atoms with Crippen LogP contribution in [0.4, 0.5) is 5.95 Å². The summed E-state index contributed by atoms with van der Waals surface area (Å²) in [5.74, 6) is -2.74. The first-order chi connectivity index (χ1) is 14.7. The number of amides is 1. The van der Waals surface area contributed by atoms with Crippen molar-refractivity contribution in [3.8, 4) is 0 Å². The fraction of sp³-hybridized carbons (Fsp3) is 0.316. The Kier molecular flexibility index (Phi) is 6.38. The van der Waals surface area contributed by atoms with Crippen LogP contribution >= 0.6 is 0 Å². The third-order valence-electron chi connectivity index (χ3n) is 4.60. The molecule has 1 atom stereocenters. The van der Waals surface area contributed by atoms with Crippen LogP contribution in [0.25, 0.3) is 11.0 Å². The number of nitrogens with two attached hydrogens (primary N) is 1. The number of aromatic amines is 1. The van der Waals surface area contributed by atoms with Gasteiger partial charge in [0.15, 0.2) is 5.76 Å². The van der Waals surface area contributed by atoms with Gasteiger partial charge >= 0.3 is 11.9 Å². The number of anilines is 1. The summed E-state index contributed by atoms with van der Waals surface area (Å²) >= 11 is 0. The molecule has 164 valence electrons. The summed E-state index contributed by atoms with van der Waals surface area (Å²) in [6.45, 7) is 0.497. The van der Waals surface area contributed by atoms with Crippen LogP contribution in [0, 0.1) is 0 Å². The Bertz CT molecular complexity index is 1180. The first-order valence-electron chi connectivity index (χ1n) is 9.43. The number of carbonyl (C=O) groups is 3. The van der Waals surface area contributed by atoms with Crippen LogP contribution in [-0.2, 0) is 22.6 Å². The lowest BCUT2D eigenvalue weighted by Gasteiger charge is -2.12. The van der Waals surface area contributed by atoms with E-state index in [4.69, 9.17) is 20.4 Å². The number of carboxylic acid groups (broad SMARTS) is 2. The maximum Gasteiger partial charge on any atom is 0.326 e. The molecule has 0 fully saturated rings. The smallest absolute Gasteiger partial charge is 0.326 e. The highest BCUT2D eigenvalue weighted by molar-refractivity contribution is 5.94. The zero-order valence-electron chi connectivity index (χ0n) is 16.3. The maximum atomic E-state index is 12.2. The van der Waals surface area contributed by atoms with Gasteiger partial charge in [-0.3, -0.25) is 19.4 Å². The van der Waals surface area contributed by atoms with E-state index < -0.39 is 23.9 Å². The van der Waals surface area contributed by atoms with Crippen LogP contribution in [0.1, 0.15) is 35.6 Å². The van der Waals surface area contributed by atoms with E-state index in [0.717, 1.165) is 0 Å². The van der Waals surface area contributed by atoms with Crippen molar-refractivity contribution in [3.63, 3.8) is 0 Å². The topological polar surface area (TPSA) is 194 Å². The second-order valence-electron chi connectivity index (χ2n) is 6.86. The number of aliphatic carboxylic acids is 2. The Labute approximate surface area is 174 Å². The molecule has 3 heterocycles. The quantitative estimate of drug-likeness (QED) is 0.305. The summed E-state index contributed by atoms with van der Waals surface area (Å²) in [4.78, 5) is 52.6. The molecule has 0 bridgehead atoms. The number of furan rings is 1. The van der Waals surface area contributed by atoms with Crippen LogP contribution in [0.15, 0.2) is 33.6 Å². The predicted molar refractivity (Wildman–Crippen MR) is 108 cm³/mol. The molecule has 0 unspecified atom stereocenters. The molecule has 0 aliphatic rings. The van der Waals surface area contributed by atoms with E-state index in [1.54, 1.807) is 22.9 Å². The molecule has 0 saturated carbocycles. The number of aryl methyl sites for hydroxylation is 2. The van der Waals surface area contributed by atoms with Gasteiger partial charge in [0.05, 0.1) is 5.52 Å². The highest BCUT2D eigenvalue weighted by Gasteiger charge is 2.23. The number of carboxylic acids is 2. The minimum Gasteiger partial charge on any atom is -0.481 e. The molecule has 31 heavy (non-hydrogen) atoms. The average molecular weight is 431 g/mol. The molecule has 0 aliphatic heterocycles. The van der Waals surface area contributed by atoms with Crippen molar-refractivity contribution in [3.05, 3.63) is 46.3 Å². The van der Waals surface area contributed by atoms with Gasteiger partial charge in [-0.1, -0.05) is 0 Å². The summed E-state index contributed by atoms with van der Waals surface area (Å²) in [7, 11) is 0. The number of nitrogens with one attached hydrogen (secondary N) is 2. The Morgan fingerprint density at radius 1 is 1.26 bits per heavy atom. The lowest BCUT2D eigenvalue weighted by atomic mass is 10.1. The van der Waals surface area contributed by atoms with Crippen LogP contribution in [0.5, 0.6) is 0 Å². The Balaban J connectivity index is 1.57. The van der Waals surface area contributed by atoms with Gasteiger partial charge < -0.3 is 30.2 Å². The van der Waals surface area contributed by atoms with E-state index in [1.165, 1.54) is 6.07 Å². The van der Waals surface area contributed by atoms with Gasteiger partial charge in [0.1, 0.15) is 17.3 Å². The van der Waals surface area contributed by atoms with Crippen LogP contribution < -0.4 is 16.6 Å². The first kappa shape index (κ1) is 21.6. The molecule has 0 radical (unpaired) electrons. The minimum atomic E-state index is -1.33. The van der Waals surface area contributed by atoms with Crippen molar-refractivity contribution >= 4 is 34.8 Å². The number of rotatable bonds is 10. The SMILES string of the molecule is Nc1nc2ccn(CCCc3ccc(C(=O)N[C@@H](CCC(=O)O)C(=O)O)o3)c2c(=O)[nH]1. The molecule has 0 saturated heterocycles. The molecular formula is C19H21N5O7. The standard InChI is InChI=1S/C19H21N5O7/c20-19-22-11-7-9-24(15(11)17(28)23-19)8-1-2-10-3-5-13(31-10)16(27)21-12(18(29)30)4-6-14(25)26/h3,5,7,9,12H,1-2,4,6,8H2,(H,21,27)(H,25,26)(H,29,30)(H3,20,22,23,28)/t12-/m0/s1. The van der Waals surface area contributed by atoms with E-state index in [2.05, 4.69) is 15.3 Å². The zero-order valence-corrected chi connectivity index (χ0v) is 16.3.